The Morgan fingerprint density at radius 1 is 1.17 bits per heavy atom. The van der Waals surface area contributed by atoms with Crippen LogP contribution in [0.15, 0.2) is 36.8 Å². The molecule has 0 spiro atoms. The third-order valence-electron chi connectivity index (χ3n) is 5.15. The molecule has 1 N–H and O–H groups in total. The van der Waals surface area contributed by atoms with Gasteiger partial charge in [0.25, 0.3) is 5.91 Å². The van der Waals surface area contributed by atoms with Gasteiger partial charge >= 0.3 is 0 Å². The van der Waals surface area contributed by atoms with Crippen LogP contribution in [-0.2, 0) is 0 Å². The highest BCUT2D eigenvalue weighted by Gasteiger charge is 2.36. The average molecular weight is 328 g/mol. The summed E-state index contributed by atoms with van der Waals surface area (Å²) in [6.07, 6.45) is 7.80. The third kappa shape index (κ3) is 2.82. The molecular weight excluding hydrogens is 307 g/mol. The van der Waals surface area contributed by atoms with Crippen LogP contribution in [0.25, 0.3) is 5.69 Å². The van der Waals surface area contributed by atoms with Crippen LogP contribution in [0.1, 0.15) is 36.2 Å². The molecule has 1 aromatic heterocycles. The minimum atomic E-state index is -0.298. The standard InChI is InChI=1S/C18H21FN4O/c19-13-4-6-14(7-5-13)23-12-20-11-17(23)18(24)21-15-8-10-22-9-2-1-3-16(15)22/h4-7,11-12,15-16H,1-3,8-10H2,(H,21,24)/t15-,16-/m0/s1. The summed E-state index contributed by atoms with van der Waals surface area (Å²) in [5.74, 6) is -0.414. The number of carbonyl (C=O) groups is 1. The average Bonchev–Trinajstić information content (AvgIpc) is 3.23. The van der Waals surface area contributed by atoms with Gasteiger partial charge in [-0.05, 0) is 50.1 Å². The summed E-state index contributed by atoms with van der Waals surface area (Å²) in [7, 11) is 0. The van der Waals surface area contributed by atoms with Crippen LogP contribution in [-0.4, -0.2) is 45.5 Å². The van der Waals surface area contributed by atoms with Crippen LogP contribution in [0.5, 0.6) is 0 Å². The fourth-order valence-corrected chi connectivity index (χ4v) is 3.93. The third-order valence-corrected chi connectivity index (χ3v) is 5.15. The highest BCUT2D eigenvalue weighted by molar-refractivity contribution is 5.93. The number of carbonyl (C=O) groups excluding carboxylic acids is 1. The van der Waals surface area contributed by atoms with Crippen molar-refractivity contribution in [2.75, 3.05) is 13.1 Å². The van der Waals surface area contributed by atoms with E-state index in [0.717, 1.165) is 31.6 Å². The van der Waals surface area contributed by atoms with E-state index in [-0.39, 0.29) is 17.8 Å². The number of halogens is 1. The highest BCUT2D eigenvalue weighted by atomic mass is 19.1. The normalized spacial score (nSPS) is 23.9. The molecule has 0 bridgehead atoms. The van der Waals surface area contributed by atoms with E-state index in [4.69, 9.17) is 0 Å². The van der Waals surface area contributed by atoms with Crippen molar-refractivity contribution in [3.63, 3.8) is 0 Å². The Morgan fingerprint density at radius 3 is 2.83 bits per heavy atom. The zero-order chi connectivity index (χ0) is 16.5. The molecule has 6 heteroatoms. The molecule has 2 atom stereocenters. The number of hydrogen-bond acceptors (Lipinski definition) is 3. The van der Waals surface area contributed by atoms with E-state index < -0.39 is 0 Å². The molecule has 2 fully saturated rings. The van der Waals surface area contributed by atoms with Gasteiger partial charge in [0.1, 0.15) is 11.5 Å². The summed E-state index contributed by atoms with van der Waals surface area (Å²) < 4.78 is 14.8. The second kappa shape index (κ2) is 6.36. The van der Waals surface area contributed by atoms with Crippen molar-refractivity contribution < 1.29 is 9.18 Å². The van der Waals surface area contributed by atoms with Gasteiger partial charge in [0.15, 0.2) is 0 Å². The zero-order valence-electron chi connectivity index (χ0n) is 13.5. The van der Waals surface area contributed by atoms with Crippen LogP contribution in [0.2, 0.25) is 0 Å². The predicted molar refractivity (Wildman–Crippen MR) is 88.6 cm³/mol. The van der Waals surface area contributed by atoms with E-state index >= 15 is 0 Å². The van der Waals surface area contributed by atoms with Gasteiger partial charge in [-0.15, -0.1) is 0 Å². The molecule has 0 saturated carbocycles. The number of benzene rings is 1. The van der Waals surface area contributed by atoms with E-state index in [2.05, 4.69) is 15.2 Å². The first kappa shape index (κ1) is 15.3. The number of fused-ring (bicyclic) bond motifs is 1. The highest BCUT2D eigenvalue weighted by Crippen LogP contribution is 2.27. The maximum absolute atomic E-state index is 13.1. The Kier molecular flexibility index (Phi) is 4.06. The smallest absolute Gasteiger partial charge is 0.270 e. The Hall–Kier alpha value is -2.21. The maximum atomic E-state index is 13.1. The fraction of sp³-hybridized carbons (Fsp3) is 0.444. The van der Waals surface area contributed by atoms with Crippen molar-refractivity contribution >= 4 is 5.91 Å². The van der Waals surface area contributed by atoms with Crippen molar-refractivity contribution in [2.24, 2.45) is 0 Å². The van der Waals surface area contributed by atoms with Crippen LogP contribution >= 0.6 is 0 Å². The van der Waals surface area contributed by atoms with Gasteiger partial charge in [0, 0.05) is 24.3 Å². The molecule has 0 aliphatic carbocycles. The first-order valence-corrected chi connectivity index (χ1v) is 8.55. The van der Waals surface area contributed by atoms with E-state index in [1.165, 1.54) is 25.0 Å². The largest absolute Gasteiger partial charge is 0.346 e. The van der Waals surface area contributed by atoms with Gasteiger partial charge in [-0.3, -0.25) is 14.3 Å². The molecule has 1 aromatic carbocycles. The molecule has 4 rings (SSSR count). The molecule has 2 aliphatic rings. The summed E-state index contributed by atoms with van der Waals surface area (Å²) in [5, 5.41) is 3.19. The first-order chi connectivity index (χ1) is 11.7. The Morgan fingerprint density at radius 2 is 2.00 bits per heavy atom. The number of rotatable bonds is 3. The molecule has 126 valence electrons. The Bertz CT molecular complexity index is 727. The van der Waals surface area contributed by atoms with Gasteiger partial charge in [0.05, 0.1) is 12.5 Å². The number of imidazole rings is 1. The molecule has 0 radical (unpaired) electrons. The summed E-state index contributed by atoms with van der Waals surface area (Å²) in [4.78, 5) is 19.3. The van der Waals surface area contributed by atoms with Gasteiger partial charge in [-0.2, -0.15) is 0 Å². The molecule has 2 aromatic rings. The van der Waals surface area contributed by atoms with Crippen molar-refractivity contribution in [3.8, 4) is 5.69 Å². The SMILES string of the molecule is O=C(N[C@H]1CCN2CCCC[C@@H]12)c1cncn1-c1ccc(F)cc1. The maximum Gasteiger partial charge on any atom is 0.270 e. The van der Waals surface area contributed by atoms with Crippen LogP contribution in [0.3, 0.4) is 0 Å². The molecule has 3 heterocycles. The zero-order valence-corrected chi connectivity index (χ0v) is 13.5. The minimum absolute atomic E-state index is 0.116. The van der Waals surface area contributed by atoms with Gasteiger partial charge in [0.2, 0.25) is 0 Å². The number of hydrogen-bond donors (Lipinski definition) is 1. The molecular formula is C18H21FN4O. The fourth-order valence-electron chi connectivity index (χ4n) is 3.93. The second-order valence-corrected chi connectivity index (χ2v) is 6.59. The van der Waals surface area contributed by atoms with Crippen molar-refractivity contribution in [3.05, 3.63) is 48.3 Å². The molecule has 1 amide bonds. The molecule has 5 nitrogen and oxygen atoms in total. The lowest BCUT2D eigenvalue weighted by atomic mass is 9.99. The topological polar surface area (TPSA) is 50.2 Å². The molecule has 2 aliphatic heterocycles. The van der Waals surface area contributed by atoms with Gasteiger partial charge < -0.3 is 5.32 Å². The first-order valence-electron chi connectivity index (χ1n) is 8.55. The Balaban J connectivity index is 1.51. The van der Waals surface area contributed by atoms with Crippen molar-refractivity contribution in [1.82, 2.24) is 19.8 Å². The number of amides is 1. The molecule has 24 heavy (non-hydrogen) atoms. The number of aromatic nitrogens is 2. The number of nitrogens with zero attached hydrogens (tertiary/aromatic N) is 3. The lowest BCUT2D eigenvalue weighted by Gasteiger charge is -2.32. The second-order valence-electron chi connectivity index (χ2n) is 6.59. The molecule has 2 saturated heterocycles. The predicted octanol–water partition coefficient (Wildman–Crippen LogP) is 2.37. The van der Waals surface area contributed by atoms with E-state index in [0.29, 0.717) is 11.7 Å². The van der Waals surface area contributed by atoms with Crippen LogP contribution in [0.4, 0.5) is 4.39 Å². The van der Waals surface area contributed by atoms with Crippen LogP contribution < -0.4 is 5.32 Å². The summed E-state index contributed by atoms with van der Waals surface area (Å²) in [6.45, 7) is 2.21. The van der Waals surface area contributed by atoms with E-state index in [1.54, 1.807) is 29.2 Å². The van der Waals surface area contributed by atoms with Crippen molar-refractivity contribution in [2.45, 2.75) is 37.8 Å². The van der Waals surface area contributed by atoms with Gasteiger partial charge in [-0.25, -0.2) is 9.37 Å². The van der Waals surface area contributed by atoms with E-state index in [9.17, 15) is 9.18 Å². The lowest BCUT2D eigenvalue weighted by molar-refractivity contribution is 0.0908. The van der Waals surface area contributed by atoms with Gasteiger partial charge in [-0.1, -0.05) is 6.42 Å². The number of piperidine rings is 1. The minimum Gasteiger partial charge on any atom is -0.346 e. The Labute approximate surface area is 140 Å². The lowest BCUT2D eigenvalue weighted by Crippen LogP contribution is -2.47. The summed E-state index contributed by atoms with van der Waals surface area (Å²) in [6, 6.07) is 6.72. The number of nitrogens with one attached hydrogen (secondary N) is 1. The van der Waals surface area contributed by atoms with Crippen molar-refractivity contribution in [1.29, 1.82) is 0 Å². The quantitative estimate of drug-likeness (QED) is 0.941. The monoisotopic (exact) mass is 328 g/mol. The molecule has 0 unspecified atom stereocenters. The summed E-state index contributed by atoms with van der Waals surface area (Å²) >= 11 is 0. The van der Waals surface area contributed by atoms with Crippen LogP contribution in [0, 0.1) is 5.82 Å². The summed E-state index contributed by atoms with van der Waals surface area (Å²) in [5.41, 5.74) is 1.21. The van der Waals surface area contributed by atoms with E-state index in [1.807, 2.05) is 0 Å².